The molecule has 0 bridgehead atoms. The number of carbonyl (C=O) groups is 1. The summed E-state index contributed by atoms with van der Waals surface area (Å²) in [5.74, 6) is 0.527. The first-order valence-corrected chi connectivity index (χ1v) is 10.5. The average molecular weight is 531 g/mol. The van der Waals surface area contributed by atoms with Crippen molar-refractivity contribution in [3.8, 4) is 5.75 Å². The van der Waals surface area contributed by atoms with Gasteiger partial charge in [-0.05, 0) is 75.5 Å². The Bertz CT molecular complexity index is 978. The van der Waals surface area contributed by atoms with Crippen LogP contribution in [0.25, 0.3) is 0 Å². The van der Waals surface area contributed by atoms with Crippen LogP contribution in [0.3, 0.4) is 0 Å². The molecule has 4 nitrogen and oxygen atoms in total. The maximum absolute atomic E-state index is 11.8. The SMILES string of the molecule is O=C(N/N=C/c1ccc(OCc2ccc(Cl)c(Cl)c2)c(I)c1)c1cccs1. The Morgan fingerprint density at radius 2 is 2.04 bits per heavy atom. The molecule has 8 heteroatoms. The van der Waals surface area contributed by atoms with Crippen molar-refractivity contribution >= 4 is 69.3 Å². The molecule has 0 saturated heterocycles. The minimum absolute atomic E-state index is 0.225. The van der Waals surface area contributed by atoms with Gasteiger partial charge in [-0.1, -0.05) is 35.3 Å². The molecule has 3 rings (SSSR count). The standard InChI is InChI=1S/C19H13Cl2IN2O2S/c20-14-5-3-13(8-15(14)21)11-26-17-6-4-12(9-16(17)22)10-23-24-19(25)18-2-1-7-27-18/h1-10H,11H2,(H,24,25)/b23-10+. The lowest BCUT2D eigenvalue weighted by atomic mass is 10.2. The van der Waals surface area contributed by atoms with Crippen molar-refractivity contribution in [3.63, 3.8) is 0 Å². The van der Waals surface area contributed by atoms with E-state index in [0.29, 0.717) is 21.5 Å². The molecule has 1 N–H and O–H groups in total. The number of halogens is 3. The van der Waals surface area contributed by atoms with E-state index in [2.05, 4.69) is 33.1 Å². The van der Waals surface area contributed by atoms with Crippen LogP contribution >= 0.6 is 57.1 Å². The summed E-state index contributed by atoms with van der Waals surface area (Å²) in [6, 6.07) is 14.6. The number of rotatable bonds is 6. The highest BCUT2D eigenvalue weighted by molar-refractivity contribution is 14.1. The van der Waals surface area contributed by atoms with E-state index in [1.165, 1.54) is 11.3 Å². The lowest BCUT2D eigenvalue weighted by Crippen LogP contribution is -2.16. The Morgan fingerprint density at radius 1 is 1.19 bits per heavy atom. The average Bonchev–Trinajstić information content (AvgIpc) is 3.18. The van der Waals surface area contributed by atoms with Gasteiger partial charge in [0.15, 0.2) is 0 Å². The number of nitrogens with one attached hydrogen (secondary N) is 1. The van der Waals surface area contributed by atoms with E-state index in [1.807, 2.05) is 35.7 Å². The summed E-state index contributed by atoms with van der Waals surface area (Å²) in [7, 11) is 0. The highest BCUT2D eigenvalue weighted by Gasteiger charge is 2.06. The Kier molecular flexibility index (Phi) is 7.12. The van der Waals surface area contributed by atoms with Crippen LogP contribution in [0.2, 0.25) is 10.0 Å². The molecular formula is C19H13Cl2IN2O2S. The van der Waals surface area contributed by atoms with E-state index in [1.54, 1.807) is 24.4 Å². The van der Waals surface area contributed by atoms with Gasteiger partial charge in [0.25, 0.3) is 5.91 Å². The number of ether oxygens (including phenoxy) is 1. The van der Waals surface area contributed by atoms with Crippen molar-refractivity contribution in [2.75, 3.05) is 0 Å². The second-order valence-electron chi connectivity index (χ2n) is 5.40. The van der Waals surface area contributed by atoms with Crippen molar-refractivity contribution in [1.82, 2.24) is 5.43 Å². The molecule has 1 heterocycles. The largest absolute Gasteiger partial charge is 0.488 e. The molecule has 0 aliphatic carbocycles. The van der Waals surface area contributed by atoms with Gasteiger partial charge in [0.1, 0.15) is 12.4 Å². The molecule has 138 valence electrons. The molecule has 3 aromatic rings. The van der Waals surface area contributed by atoms with Crippen LogP contribution in [-0.2, 0) is 6.61 Å². The summed E-state index contributed by atoms with van der Waals surface area (Å²) in [6.07, 6.45) is 1.59. The van der Waals surface area contributed by atoms with Crippen molar-refractivity contribution < 1.29 is 9.53 Å². The molecule has 0 fully saturated rings. The number of amides is 1. The number of carbonyl (C=O) groups excluding carboxylic acids is 1. The van der Waals surface area contributed by atoms with E-state index >= 15 is 0 Å². The Labute approximate surface area is 184 Å². The molecule has 1 aromatic heterocycles. The van der Waals surface area contributed by atoms with Gasteiger partial charge in [-0.2, -0.15) is 5.10 Å². The monoisotopic (exact) mass is 530 g/mol. The van der Waals surface area contributed by atoms with Crippen molar-refractivity contribution in [2.24, 2.45) is 5.10 Å². The highest BCUT2D eigenvalue weighted by atomic mass is 127. The zero-order valence-electron chi connectivity index (χ0n) is 13.8. The van der Waals surface area contributed by atoms with E-state index in [9.17, 15) is 4.79 Å². The topological polar surface area (TPSA) is 50.7 Å². The summed E-state index contributed by atoms with van der Waals surface area (Å²) in [4.78, 5) is 12.4. The van der Waals surface area contributed by atoms with Gasteiger partial charge in [-0.3, -0.25) is 4.79 Å². The molecule has 27 heavy (non-hydrogen) atoms. The van der Waals surface area contributed by atoms with E-state index < -0.39 is 0 Å². The third-order valence-corrected chi connectivity index (χ3v) is 5.91. The fourth-order valence-electron chi connectivity index (χ4n) is 2.13. The van der Waals surface area contributed by atoms with Gasteiger partial charge in [-0.25, -0.2) is 5.43 Å². The molecule has 0 atom stereocenters. The molecule has 0 aliphatic rings. The number of hydrazone groups is 1. The van der Waals surface area contributed by atoms with Gasteiger partial charge in [0, 0.05) is 0 Å². The van der Waals surface area contributed by atoms with Crippen LogP contribution in [-0.4, -0.2) is 12.1 Å². The second kappa shape index (κ2) is 9.54. The summed E-state index contributed by atoms with van der Waals surface area (Å²) < 4.78 is 6.77. The lowest BCUT2D eigenvalue weighted by molar-refractivity contribution is 0.0959. The zero-order valence-corrected chi connectivity index (χ0v) is 18.3. The number of benzene rings is 2. The number of hydrogen-bond acceptors (Lipinski definition) is 4. The minimum Gasteiger partial charge on any atom is -0.488 e. The zero-order chi connectivity index (χ0) is 19.2. The van der Waals surface area contributed by atoms with Gasteiger partial charge >= 0.3 is 0 Å². The minimum atomic E-state index is -0.225. The molecular weight excluding hydrogens is 518 g/mol. The molecule has 0 unspecified atom stereocenters. The smallest absolute Gasteiger partial charge is 0.281 e. The molecule has 0 radical (unpaired) electrons. The Hall–Kier alpha value is -1.61. The van der Waals surface area contributed by atoms with Crippen molar-refractivity contribution in [1.29, 1.82) is 0 Å². The molecule has 0 spiro atoms. The quantitative estimate of drug-likeness (QED) is 0.241. The fraction of sp³-hybridized carbons (Fsp3) is 0.0526. The number of thiophene rings is 1. The van der Waals surface area contributed by atoms with Crippen LogP contribution < -0.4 is 10.2 Å². The van der Waals surface area contributed by atoms with E-state index in [0.717, 1.165) is 20.4 Å². The highest BCUT2D eigenvalue weighted by Crippen LogP contribution is 2.25. The summed E-state index contributed by atoms with van der Waals surface area (Å²) in [5.41, 5.74) is 4.29. The third-order valence-electron chi connectivity index (χ3n) is 3.46. The molecule has 0 saturated carbocycles. The van der Waals surface area contributed by atoms with Gasteiger partial charge in [0.05, 0.1) is 24.7 Å². The molecule has 1 amide bonds. The maximum atomic E-state index is 11.8. The molecule has 2 aromatic carbocycles. The second-order valence-corrected chi connectivity index (χ2v) is 8.33. The summed E-state index contributed by atoms with van der Waals surface area (Å²) >= 11 is 15.5. The van der Waals surface area contributed by atoms with Crippen LogP contribution in [0.15, 0.2) is 59.0 Å². The summed E-state index contributed by atoms with van der Waals surface area (Å²) in [5, 5.41) is 6.86. The van der Waals surface area contributed by atoms with E-state index in [4.69, 9.17) is 27.9 Å². The lowest BCUT2D eigenvalue weighted by Gasteiger charge is -2.09. The summed E-state index contributed by atoms with van der Waals surface area (Å²) in [6.45, 7) is 0.386. The van der Waals surface area contributed by atoms with E-state index in [-0.39, 0.29) is 5.91 Å². The van der Waals surface area contributed by atoms with Crippen molar-refractivity contribution in [3.05, 3.63) is 83.5 Å². The van der Waals surface area contributed by atoms with Crippen LogP contribution in [0.1, 0.15) is 20.8 Å². The first-order valence-electron chi connectivity index (χ1n) is 7.76. The van der Waals surface area contributed by atoms with Gasteiger partial charge < -0.3 is 4.74 Å². The van der Waals surface area contributed by atoms with Gasteiger partial charge in [-0.15, -0.1) is 11.3 Å². The predicted octanol–water partition coefficient (Wildman–Crippen LogP) is 6.00. The van der Waals surface area contributed by atoms with Crippen LogP contribution in [0.4, 0.5) is 0 Å². The predicted molar refractivity (Wildman–Crippen MR) is 119 cm³/mol. The first kappa shape index (κ1) is 20.1. The number of hydrogen-bond donors (Lipinski definition) is 1. The van der Waals surface area contributed by atoms with Crippen LogP contribution in [0.5, 0.6) is 5.75 Å². The molecule has 0 aliphatic heterocycles. The Balaban J connectivity index is 1.59. The Morgan fingerprint density at radius 3 is 2.74 bits per heavy atom. The van der Waals surface area contributed by atoms with Crippen LogP contribution in [0, 0.1) is 3.57 Å². The normalized spacial score (nSPS) is 10.9. The van der Waals surface area contributed by atoms with Gasteiger partial charge in [0.2, 0.25) is 0 Å². The number of nitrogens with zero attached hydrogens (tertiary/aromatic N) is 1. The third kappa shape index (κ3) is 5.68. The van der Waals surface area contributed by atoms with Crippen molar-refractivity contribution in [2.45, 2.75) is 6.61 Å². The fourth-order valence-corrected chi connectivity index (χ4v) is 3.76. The maximum Gasteiger partial charge on any atom is 0.281 e. The first-order chi connectivity index (χ1) is 13.0.